The Morgan fingerprint density at radius 3 is 2.25 bits per heavy atom. The van der Waals surface area contributed by atoms with Crippen LogP contribution in [0.15, 0.2) is 0 Å². The van der Waals surface area contributed by atoms with Crippen LogP contribution in [-0.2, 0) is 4.79 Å². The molecule has 0 aromatic heterocycles. The Kier molecular flexibility index (Phi) is 6.46. The summed E-state index contributed by atoms with van der Waals surface area (Å²) < 4.78 is 0. The van der Waals surface area contributed by atoms with Gasteiger partial charge < -0.3 is 15.3 Å². The van der Waals surface area contributed by atoms with Crippen LogP contribution in [0.2, 0.25) is 0 Å². The van der Waals surface area contributed by atoms with E-state index in [1.165, 1.54) is 12.8 Å². The van der Waals surface area contributed by atoms with E-state index in [1.807, 2.05) is 13.8 Å². The van der Waals surface area contributed by atoms with Crippen molar-refractivity contribution in [1.29, 1.82) is 0 Å². The first kappa shape index (κ1) is 17.4. The fourth-order valence-electron chi connectivity index (χ4n) is 3.01. The highest BCUT2D eigenvalue weighted by Gasteiger charge is 2.29. The van der Waals surface area contributed by atoms with Crippen molar-refractivity contribution in [3.05, 3.63) is 0 Å². The van der Waals surface area contributed by atoms with Gasteiger partial charge in [0.25, 0.3) is 0 Å². The van der Waals surface area contributed by atoms with Gasteiger partial charge in [0.2, 0.25) is 0 Å². The summed E-state index contributed by atoms with van der Waals surface area (Å²) in [5, 5.41) is 12.3. The molecule has 1 heterocycles. The second-order valence-electron chi connectivity index (χ2n) is 7.48. The van der Waals surface area contributed by atoms with Crippen LogP contribution in [0.4, 0.5) is 0 Å². The number of hydrogen-bond acceptors (Lipinski definition) is 3. The molecule has 0 amide bonds. The van der Waals surface area contributed by atoms with Crippen LogP contribution < -0.4 is 5.32 Å². The minimum Gasteiger partial charge on any atom is -0.480 e. The van der Waals surface area contributed by atoms with Gasteiger partial charge in [-0.3, -0.25) is 4.79 Å². The van der Waals surface area contributed by atoms with E-state index < -0.39 is 12.0 Å². The third kappa shape index (κ3) is 5.80. The number of nitrogens with zero attached hydrogens (tertiary/aromatic N) is 1. The lowest BCUT2D eigenvalue weighted by atomic mass is 9.75. The summed E-state index contributed by atoms with van der Waals surface area (Å²) >= 11 is 0. The van der Waals surface area contributed by atoms with E-state index in [2.05, 4.69) is 31.0 Å². The number of carboxylic acid groups (broad SMARTS) is 1. The number of piperidine rings is 1. The average Bonchev–Trinajstić information content (AvgIpc) is 2.33. The van der Waals surface area contributed by atoms with E-state index in [0.717, 1.165) is 25.6 Å². The van der Waals surface area contributed by atoms with Crippen LogP contribution in [0.5, 0.6) is 0 Å². The van der Waals surface area contributed by atoms with Crippen LogP contribution in [0.1, 0.15) is 53.9 Å². The lowest BCUT2D eigenvalue weighted by molar-refractivity contribution is -0.140. The lowest BCUT2D eigenvalue weighted by Gasteiger charge is -2.39. The molecule has 4 heteroatoms. The van der Waals surface area contributed by atoms with Gasteiger partial charge >= 0.3 is 5.97 Å². The van der Waals surface area contributed by atoms with E-state index in [1.54, 1.807) is 0 Å². The zero-order valence-electron chi connectivity index (χ0n) is 13.8. The van der Waals surface area contributed by atoms with Gasteiger partial charge in [0, 0.05) is 12.6 Å². The Morgan fingerprint density at radius 2 is 1.85 bits per heavy atom. The summed E-state index contributed by atoms with van der Waals surface area (Å²) in [5.41, 5.74) is 0.398. The molecule has 1 saturated heterocycles. The van der Waals surface area contributed by atoms with Crippen molar-refractivity contribution >= 4 is 5.97 Å². The smallest absolute Gasteiger partial charge is 0.320 e. The van der Waals surface area contributed by atoms with Crippen molar-refractivity contribution in [2.24, 2.45) is 11.3 Å². The Balaban J connectivity index is 2.34. The zero-order valence-corrected chi connectivity index (χ0v) is 13.8. The molecule has 4 nitrogen and oxygen atoms in total. The number of aliphatic carboxylic acids is 1. The molecule has 20 heavy (non-hydrogen) atoms. The molecule has 1 rings (SSSR count). The standard InChI is InChI=1S/C16H32N2O2/c1-12(2)17-14(15(19)20)8-11-18-9-6-13(7-10-18)16(3,4)5/h12-14,17H,6-11H2,1-5H3,(H,19,20). The van der Waals surface area contributed by atoms with Gasteiger partial charge in [-0.1, -0.05) is 34.6 Å². The Bertz CT molecular complexity index is 302. The van der Waals surface area contributed by atoms with Crippen LogP contribution >= 0.6 is 0 Å². The van der Waals surface area contributed by atoms with Crippen LogP contribution in [0.3, 0.4) is 0 Å². The minimum atomic E-state index is -0.733. The first-order chi connectivity index (χ1) is 9.20. The summed E-state index contributed by atoms with van der Waals surface area (Å²) in [5.74, 6) is 0.0612. The molecule has 0 aliphatic carbocycles. The van der Waals surface area contributed by atoms with Gasteiger partial charge in [-0.15, -0.1) is 0 Å². The molecule has 1 aliphatic heterocycles. The number of rotatable bonds is 6. The van der Waals surface area contributed by atoms with Crippen molar-refractivity contribution in [2.45, 2.75) is 66.0 Å². The molecule has 1 aliphatic rings. The van der Waals surface area contributed by atoms with Gasteiger partial charge in [-0.25, -0.2) is 0 Å². The Morgan fingerprint density at radius 1 is 1.30 bits per heavy atom. The van der Waals surface area contributed by atoms with Crippen LogP contribution in [-0.4, -0.2) is 47.7 Å². The molecule has 0 bridgehead atoms. The molecule has 1 atom stereocenters. The van der Waals surface area contributed by atoms with Gasteiger partial charge in [0.15, 0.2) is 0 Å². The van der Waals surface area contributed by atoms with Crippen molar-refractivity contribution in [2.75, 3.05) is 19.6 Å². The van der Waals surface area contributed by atoms with Gasteiger partial charge in [-0.05, 0) is 43.7 Å². The zero-order chi connectivity index (χ0) is 15.3. The number of carboxylic acids is 1. The summed E-state index contributed by atoms with van der Waals surface area (Å²) in [7, 11) is 0. The molecule has 1 fully saturated rings. The highest BCUT2D eigenvalue weighted by atomic mass is 16.4. The summed E-state index contributed by atoms with van der Waals surface area (Å²) in [6.45, 7) is 14.0. The molecule has 0 aromatic rings. The lowest BCUT2D eigenvalue weighted by Crippen LogP contribution is -2.45. The van der Waals surface area contributed by atoms with Gasteiger partial charge in [0.05, 0.1) is 0 Å². The molecule has 1 unspecified atom stereocenters. The first-order valence-corrected chi connectivity index (χ1v) is 7.91. The second kappa shape index (κ2) is 7.41. The van der Waals surface area contributed by atoms with E-state index in [0.29, 0.717) is 11.8 Å². The highest BCUT2D eigenvalue weighted by molar-refractivity contribution is 5.73. The highest BCUT2D eigenvalue weighted by Crippen LogP contribution is 2.34. The normalized spacial score (nSPS) is 20.3. The summed E-state index contributed by atoms with van der Waals surface area (Å²) in [6.07, 6.45) is 3.16. The van der Waals surface area contributed by atoms with E-state index in [-0.39, 0.29) is 6.04 Å². The fraction of sp³-hybridized carbons (Fsp3) is 0.938. The first-order valence-electron chi connectivity index (χ1n) is 7.91. The summed E-state index contributed by atoms with van der Waals surface area (Å²) in [6, 6.07) is -0.210. The van der Waals surface area contributed by atoms with Gasteiger partial charge in [0.1, 0.15) is 6.04 Å². The van der Waals surface area contributed by atoms with Crippen molar-refractivity contribution < 1.29 is 9.90 Å². The predicted molar refractivity (Wildman–Crippen MR) is 82.9 cm³/mol. The van der Waals surface area contributed by atoms with E-state index in [4.69, 9.17) is 0 Å². The molecule has 2 N–H and O–H groups in total. The molecular weight excluding hydrogens is 252 g/mol. The van der Waals surface area contributed by atoms with Gasteiger partial charge in [-0.2, -0.15) is 0 Å². The Labute approximate surface area is 123 Å². The van der Waals surface area contributed by atoms with Crippen LogP contribution in [0, 0.1) is 11.3 Å². The molecule has 0 radical (unpaired) electrons. The van der Waals surface area contributed by atoms with Crippen molar-refractivity contribution in [3.63, 3.8) is 0 Å². The van der Waals surface area contributed by atoms with E-state index in [9.17, 15) is 9.90 Å². The maximum absolute atomic E-state index is 11.2. The molecule has 0 aromatic carbocycles. The topological polar surface area (TPSA) is 52.6 Å². The van der Waals surface area contributed by atoms with Crippen LogP contribution in [0.25, 0.3) is 0 Å². The molecule has 0 saturated carbocycles. The second-order valence-corrected chi connectivity index (χ2v) is 7.48. The molecule has 118 valence electrons. The van der Waals surface area contributed by atoms with Crippen molar-refractivity contribution in [1.82, 2.24) is 10.2 Å². The van der Waals surface area contributed by atoms with Crippen molar-refractivity contribution in [3.8, 4) is 0 Å². The number of nitrogens with one attached hydrogen (secondary N) is 1. The average molecular weight is 284 g/mol. The third-order valence-corrected chi connectivity index (χ3v) is 4.38. The number of likely N-dealkylation sites (tertiary alicyclic amines) is 1. The molecule has 0 spiro atoms. The number of hydrogen-bond donors (Lipinski definition) is 2. The maximum atomic E-state index is 11.2. The fourth-order valence-corrected chi connectivity index (χ4v) is 3.01. The quantitative estimate of drug-likeness (QED) is 0.787. The Hall–Kier alpha value is -0.610. The minimum absolute atomic E-state index is 0.211. The maximum Gasteiger partial charge on any atom is 0.320 e. The third-order valence-electron chi connectivity index (χ3n) is 4.38. The molecular formula is C16H32N2O2. The predicted octanol–water partition coefficient (Wildman–Crippen LogP) is 2.59. The largest absolute Gasteiger partial charge is 0.480 e. The number of carbonyl (C=O) groups is 1. The van der Waals surface area contributed by atoms with E-state index >= 15 is 0 Å². The SMILES string of the molecule is CC(C)NC(CCN1CCC(C(C)(C)C)CC1)C(=O)O. The monoisotopic (exact) mass is 284 g/mol. The summed E-state index contributed by atoms with van der Waals surface area (Å²) in [4.78, 5) is 13.6.